The second kappa shape index (κ2) is 6.48. The molecular formula is C18H22N10. The van der Waals surface area contributed by atoms with Gasteiger partial charge in [0.15, 0.2) is 23.1 Å². The number of hydrogen-bond donors (Lipinski definition) is 2. The summed E-state index contributed by atoms with van der Waals surface area (Å²) >= 11 is 0. The zero-order valence-corrected chi connectivity index (χ0v) is 15.9. The molecule has 0 spiro atoms. The van der Waals surface area contributed by atoms with E-state index in [0.717, 1.165) is 48.6 Å². The van der Waals surface area contributed by atoms with Crippen molar-refractivity contribution in [3.05, 3.63) is 35.7 Å². The Morgan fingerprint density at radius 1 is 1.07 bits per heavy atom. The minimum atomic E-state index is 0.275. The Kier molecular flexibility index (Phi) is 3.93. The first-order valence-electron chi connectivity index (χ1n) is 9.52. The summed E-state index contributed by atoms with van der Waals surface area (Å²) in [6.45, 7) is 3.84. The number of aromatic amines is 1. The third-order valence-corrected chi connectivity index (χ3v) is 5.46. The molecule has 10 heteroatoms. The minimum absolute atomic E-state index is 0.275. The molecule has 28 heavy (non-hydrogen) atoms. The molecule has 5 rings (SSSR count). The van der Waals surface area contributed by atoms with Gasteiger partial charge in [-0.15, -0.1) is 20.4 Å². The summed E-state index contributed by atoms with van der Waals surface area (Å²) in [4.78, 5) is 4.90. The van der Waals surface area contributed by atoms with Gasteiger partial charge in [-0.1, -0.05) is 0 Å². The summed E-state index contributed by atoms with van der Waals surface area (Å²) in [5.41, 5.74) is 8.65. The average molecular weight is 378 g/mol. The maximum Gasteiger partial charge on any atom is 0.185 e. The molecule has 4 heterocycles. The number of aryl methyl sites for hydroxylation is 2. The predicted octanol–water partition coefficient (Wildman–Crippen LogP) is 1.70. The van der Waals surface area contributed by atoms with Gasteiger partial charge in [0.25, 0.3) is 0 Å². The molecule has 1 fully saturated rings. The van der Waals surface area contributed by atoms with Crippen molar-refractivity contribution in [3.8, 4) is 17.2 Å². The number of H-pyrrole nitrogens is 1. The second-order valence-electron chi connectivity index (χ2n) is 7.43. The number of hydrogen-bond acceptors (Lipinski definition) is 7. The zero-order chi connectivity index (χ0) is 19.3. The summed E-state index contributed by atoms with van der Waals surface area (Å²) in [7, 11) is 0. The highest BCUT2D eigenvalue weighted by molar-refractivity contribution is 5.56. The van der Waals surface area contributed by atoms with E-state index in [1.165, 1.54) is 0 Å². The lowest BCUT2D eigenvalue weighted by atomic mass is 9.86. The number of rotatable bonds is 3. The Labute approximate surface area is 161 Å². The summed E-state index contributed by atoms with van der Waals surface area (Å²) in [6.07, 6.45) is 5.74. The Morgan fingerprint density at radius 2 is 1.89 bits per heavy atom. The lowest BCUT2D eigenvalue weighted by Gasteiger charge is -2.25. The van der Waals surface area contributed by atoms with Gasteiger partial charge in [0.05, 0.1) is 11.8 Å². The number of nitrogens with zero attached hydrogens (tertiary/aromatic N) is 8. The fourth-order valence-electron chi connectivity index (χ4n) is 3.82. The Bertz CT molecular complexity index is 1130. The number of aromatic nitrogens is 9. The van der Waals surface area contributed by atoms with Crippen molar-refractivity contribution in [1.29, 1.82) is 0 Å². The van der Waals surface area contributed by atoms with Crippen molar-refractivity contribution in [2.24, 2.45) is 5.73 Å². The largest absolute Gasteiger partial charge is 0.328 e. The lowest BCUT2D eigenvalue weighted by Crippen LogP contribution is -2.27. The Balaban J connectivity index is 1.64. The van der Waals surface area contributed by atoms with Gasteiger partial charge in [0, 0.05) is 17.7 Å². The quantitative estimate of drug-likeness (QED) is 0.555. The van der Waals surface area contributed by atoms with Gasteiger partial charge >= 0.3 is 0 Å². The highest BCUT2D eigenvalue weighted by Crippen LogP contribution is 2.33. The molecule has 0 amide bonds. The van der Waals surface area contributed by atoms with Gasteiger partial charge in [-0.3, -0.25) is 5.10 Å². The monoisotopic (exact) mass is 378 g/mol. The maximum absolute atomic E-state index is 6.11. The van der Waals surface area contributed by atoms with Crippen molar-refractivity contribution in [1.82, 2.24) is 44.8 Å². The van der Waals surface area contributed by atoms with E-state index >= 15 is 0 Å². The molecule has 4 aromatic rings. The second-order valence-corrected chi connectivity index (χ2v) is 7.43. The average Bonchev–Trinajstić information content (AvgIpc) is 3.41. The van der Waals surface area contributed by atoms with Crippen LogP contribution in [0.15, 0.2) is 18.3 Å². The van der Waals surface area contributed by atoms with Crippen LogP contribution in [-0.2, 0) is 0 Å². The van der Waals surface area contributed by atoms with E-state index in [4.69, 9.17) is 20.9 Å². The topological polar surface area (TPSA) is 128 Å². The van der Waals surface area contributed by atoms with Crippen molar-refractivity contribution in [2.45, 2.75) is 51.5 Å². The fourth-order valence-corrected chi connectivity index (χ4v) is 3.82. The molecule has 144 valence electrons. The van der Waals surface area contributed by atoms with E-state index in [1.807, 2.05) is 30.7 Å². The highest BCUT2D eigenvalue weighted by Gasteiger charge is 2.27. The molecule has 0 atom stereocenters. The van der Waals surface area contributed by atoms with Crippen molar-refractivity contribution in [3.63, 3.8) is 0 Å². The van der Waals surface area contributed by atoms with E-state index in [-0.39, 0.29) is 6.04 Å². The van der Waals surface area contributed by atoms with Crippen LogP contribution >= 0.6 is 0 Å². The fraction of sp³-hybridized carbons (Fsp3) is 0.444. The van der Waals surface area contributed by atoms with Crippen molar-refractivity contribution >= 4 is 5.65 Å². The number of nitrogens with two attached hydrogens (primary N) is 1. The SMILES string of the molecule is Cc1[nH]ncc1-c1nc(C2CCC(N)CC2)n(-c2ccc3nnc(C)n3n2)n1. The van der Waals surface area contributed by atoms with Gasteiger partial charge in [0.2, 0.25) is 0 Å². The van der Waals surface area contributed by atoms with Crippen molar-refractivity contribution < 1.29 is 0 Å². The first-order chi connectivity index (χ1) is 13.6. The van der Waals surface area contributed by atoms with Crippen molar-refractivity contribution in [2.75, 3.05) is 0 Å². The summed E-state index contributed by atoms with van der Waals surface area (Å²) in [5.74, 6) is 3.29. The maximum atomic E-state index is 6.11. The van der Waals surface area contributed by atoms with Gasteiger partial charge in [0.1, 0.15) is 5.82 Å². The van der Waals surface area contributed by atoms with Gasteiger partial charge in [-0.05, 0) is 51.7 Å². The molecule has 1 saturated carbocycles. The first-order valence-corrected chi connectivity index (χ1v) is 9.52. The highest BCUT2D eigenvalue weighted by atomic mass is 15.4. The molecule has 1 aliphatic rings. The van der Waals surface area contributed by atoms with Crippen LogP contribution < -0.4 is 5.73 Å². The van der Waals surface area contributed by atoms with Crippen LogP contribution in [-0.4, -0.2) is 50.8 Å². The number of fused-ring (bicyclic) bond motifs is 1. The smallest absolute Gasteiger partial charge is 0.185 e. The molecule has 0 aromatic carbocycles. The molecule has 10 nitrogen and oxygen atoms in total. The molecule has 0 unspecified atom stereocenters. The Hall–Kier alpha value is -3.14. The standard InChI is InChI=1S/C18H22N10/c1-10-14(9-20-22-10)17-21-18(12-3-5-13(19)6-4-12)28(26-17)16-8-7-15-24-23-11(2)27(15)25-16/h7-9,12-13H,3-6,19H2,1-2H3,(H,20,22). The summed E-state index contributed by atoms with van der Waals surface area (Å²) < 4.78 is 3.57. The molecular weight excluding hydrogens is 356 g/mol. The summed E-state index contributed by atoms with van der Waals surface area (Å²) in [6, 6.07) is 4.08. The predicted molar refractivity (Wildman–Crippen MR) is 102 cm³/mol. The molecule has 3 N–H and O–H groups in total. The molecule has 0 bridgehead atoms. The normalized spacial score (nSPS) is 20.1. The molecule has 0 radical (unpaired) electrons. The van der Waals surface area contributed by atoms with Crippen LogP contribution in [0.3, 0.4) is 0 Å². The first kappa shape index (κ1) is 17.0. The number of nitrogens with one attached hydrogen (secondary N) is 1. The van der Waals surface area contributed by atoms with E-state index in [9.17, 15) is 0 Å². The van der Waals surface area contributed by atoms with Crippen LogP contribution in [0.1, 0.15) is 48.9 Å². The van der Waals surface area contributed by atoms with E-state index in [2.05, 4.69) is 20.4 Å². The zero-order valence-electron chi connectivity index (χ0n) is 15.9. The van der Waals surface area contributed by atoms with Gasteiger partial charge in [-0.25, -0.2) is 4.98 Å². The van der Waals surface area contributed by atoms with E-state index in [0.29, 0.717) is 23.2 Å². The molecule has 1 aliphatic carbocycles. The molecule has 0 saturated heterocycles. The summed E-state index contributed by atoms with van der Waals surface area (Å²) in [5, 5.41) is 24.8. The molecule has 4 aromatic heterocycles. The Morgan fingerprint density at radius 3 is 2.64 bits per heavy atom. The van der Waals surface area contributed by atoms with Crippen LogP contribution in [0.2, 0.25) is 0 Å². The van der Waals surface area contributed by atoms with Gasteiger partial charge < -0.3 is 5.73 Å². The van der Waals surface area contributed by atoms with Crippen LogP contribution in [0.25, 0.3) is 22.9 Å². The van der Waals surface area contributed by atoms with Gasteiger partial charge in [-0.2, -0.15) is 14.3 Å². The third kappa shape index (κ3) is 2.76. The van der Waals surface area contributed by atoms with Crippen LogP contribution in [0.5, 0.6) is 0 Å². The van der Waals surface area contributed by atoms with E-state index < -0.39 is 0 Å². The van der Waals surface area contributed by atoms with Crippen LogP contribution in [0.4, 0.5) is 0 Å². The third-order valence-electron chi connectivity index (χ3n) is 5.46. The minimum Gasteiger partial charge on any atom is -0.328 e. The van der Waals surface area contributed by atoms with Crippen LogP contribution in [0, 0.1) is 13.8 Å². The van der Waals surface area contributed by atoms with E-state index in [1.54, 1.807) is 10.7 Å². The lowest BCUT2D eigenvalue weighted by molar-refractivity contribution is 0.380. The molecule has 0 aliphatic heterocycles.